The molecule has 6 heteroatoms. The molecule has 0 atom stereocenters. The Morgan fingerprint density at radius 3 is 2.24 bits per heavy atom. The van der Waals surface area contributed by atoms with Gasteiger partial charge in [-0.3, -0.25) is 19.1 Å². The summed E-state index contributed by atoms with van der Waals surface area (Å²) in [5, 5.41) is 0.632. The lowest BCUT2D eigenvalue weighted by Gasteiger charge is -2.20. The van der Waals surface area contributed by atoms with Gasteiger partial charge in [0.15, 0.2) is 5.78 Å². The third-order valence-corrected chi connectivity index (χ3v) is 7.34. The normalized spacial score (nSPS) is 11.4. The fourth-order valence-corrected chi connectivity index (χ4v) is 5.05. The van der Waals surface area contributed by atoms with Crippen molar-refractivity contribution in [2.75, 3.05) is 13.1 Å². The van der Waals surface area contributed by atoms with Crippen LogP contribution in [-0.4, -0.2) is 33.3 Å². The highest BCUT2D eigenvalue weighted by Gasteiger charge is 2.20. The van der Waals surface area contributed by atoms with Crippen molar-refractivity contribution >= 4 is 27.3 Å². The molecule has 0 fully saturated rings. The number of hydrogen-bond acceptors (Lipinski definition) is 5. The summed E-state index contributed by atoms with van der Waals surface area (Å²) >= 11 is 1.54. The number of fused-ring (bicyclic) bond motifs is 1. The van der Waals surface area contributed by atoms with Gasteiger partial charge in [0.05, 0.1) is 18.5 Å². The van der Waals surface area contributed by atoms with Crippen molar-refractivity contribution < 1.29 is 4.79 Å². The Morgan fingerprint density at radius 2 is 1.61 bits per heavy atom. The number of Topliss-reactive ketones (excluding diaryl/α,β-unsaturated/α-hetero) is 1. The van der Waals surface area contributed by atoms with Gasteiger partial charge in [0.1, 0.15) is 10.7 Å². The molecule has 0 saturated heterocycles. The third-order valence-electron chi connectivity index (χ3n) is 6.24. The highest BCUT2D eigenvalue weighted by Crippen LogP contribution is 2.27. The Kier molecular flexibility index (Phi) is 6.86. The smallest absolute Gasteiger partial charge is 0.263 e. The van der Waals surface area contributed by atoms with Crippen molar-refractivity contribution in [2.45, 2.75) is 40.8 Å². The zero-order valence-electron chi connectivity index (χ0n) is 19.6. The summed E-state index contributed by atoms with van der Waals surface area (Å²) in [7, 11) is 0. The van der Waals surface area contributed by atoms with Gasteiger partial charge in [-0.1, -0.05) is 68.4 Å². The van der Waals surface area contributed by atoms with Gasteiger partial charge in [0.25, 0.3) is 5.56 Å². The molecular weight excluding hydrogens is 430 g/mol. The Morgan fingerprint density at radius 1 is 0.970 bits per heavy atom. The van der Waals surface area contributed by atoms with Crippen molar-refractivity contribution in [2.24, 2.45) is 0 Å². The van der Waals surface area contributed by atoms with Crippen molar-refractivity contribution in [1.82, 2.24) is 14.5 Å². The van der Waals surface area contributed by atoms with Gasteiger partial charge in [-0.05, 0) is 43.6 Å². The molecule has 2 aromatic heterocycles. The van der Waals surface area contributed by atoms with E-state index < -0.39 is 0 Å². The summed E-state index contributed by atoms with van der Waals surface area (Å²) in [4.78, 5) is 35.6. The molecular formula is C27H29N3O2S. The number of nitrogens with zero attached hydrogens (tertiary/aromatic N) is 3. The van der Waals surface area contributed by atoms with Crippen LogP contribution >= 0.6 is 11.3 Å². The third kappa shape index (κ3) is 4.68. The predicted octanol–water partition coefficient (Wildman–Crippen LogP) is 5.47. The number of hydrogen-bond donors (Lipinski definition) is 0. The summed E-state index contributed by atoms with van der Waals surface area (Å²) in [6, 6.07) is 17.6. The molecule has 0 saturated carbocycles. The topological polar surface area (TPSA) is 55.2 Å². The van der Waals surface area contributed by atoms with Gasteiger partial charge in [0, 0.05) is 10.4 Å². The van der Waals surface area contributed by atoms with E-state index in [0.29, 0.717) is 23.3 Å². The number of rotatable bonds is 8. The maximum Gasteiger partial charge on any atom is 0.263 e. The maximum absolute atomic E-state index is 13.5. The first-order chi connectivity index (χ1) is 15.9. The Labute approximate surface area is 198 Å². The van der Waals surface area contributed by atoms with Gasteiger partial charge >= 0.3 is 0 Å². The summed E-state index contributed by atoms with van der Waals surface area (Å²) < 4.78 is 1.58. The van der Waals surface area contributed by atoms with E-state index in [0.717, 1.165) is 39.5 Å². The largest absolute Gasteiger partial charge is 0.297 e. The van der Waals surface area contributed by atoms with Crippen LogP contribution in [0.4, 0.5) is 0 Å². The molecule has 0 amide bonds. The summed E-state index contributed by atoms with van der Waals surface area (Å²) in [6.45, 7) is 10.4. The summed E-state index contributed by atoms with van der Waals surface area (Å²) in [6.07, 6.45) is 0. The van der Waals surface area contributed by atoms with Crippen LogP contribution in [0.15, 0.2) is 59.4 Å². The highest BCUT2D eigenvalue weighted by molar-refractivity contribution is 7.18. The van der Waals surface area contributed by atoms with Gasteiger partial charge in [-0.15, -0.1) is 11.3 Å². The average Bonchev–Trinajstić information content (AvgIpc) is 3.13. The monoisotopic (exact) mass is 459 g/mol. The van der Waals surface area contributed by atoms with Crippen LogP contribution < -0.4 is 5.56 Å². The second kappa shape index (κ2) is 9.81. The minimum atomic E-state index is -0.127. The van der Waals surface area contributed by atoms with Gasteiger partial charge in [-0.2, -0.15) is 0 Å². The van der Waals surface area contributed by atoms with E-state index >= 15 is 0 Å². The molecule has 2 aromatic carbocycles. The number of ketones is 1. The maximum atomic E-state index is 13.5. The van der Waals surface area contributed by atoms with Crippen LogP contribution in [0.3, 0.4) is 0 Å². The minimum Gasteiger partial charge on any atom is -0.297 e. The number of aromatic nitrogens is 2. The van der Waals surface area contributed by atoms with Crippen LogP contribution in [0.25, 0.3) is 21.3 Å². The van der Waals surface area contributed by atoms with E-state index in [2.05, 4.69) is 18.7 Å². The second-order valence-corrected chi connectivity index (χ2v) is 9.41. The lowest BCUT2D eigenvalue weighted by molar-refractivity contribution is 0.0968. The molecule has 2 heterocycles. The second-order valence-electron chi connectivity index (χ2n) is 8.21. The lowest BCUT2D eigenvalue weighted by atomic mass is 10.0. The first kappa shape index (κ1) is 23.1. The van der Waals surface area contributed by atoms with Crippen molar-refractivity contribution in [3.05, 3.63) is 86.8 Å². The Balaban J connectivity index is 1.70. The molecule has 170 valence electrons. The van der Waals surface area contributed by atoms with Crippen LogP contribution in [0.1, 0.15) is 40.5 Å². The standard InChI is InChI=1S/C27H29N3O2S/c1-5-29(6-2)17-24-28-26-25(18(3)19(4)33-26)27(32)30(24)16-23(31)22-14-12-21(13-15-22)20-10-8-7-9-11-20/h7-15H,5-6,16-17H2,1-4H3. The fourth-order valence-electron chi connectivity index (χ4n) is 4.01. The molecule has 5 nitrogen and oxygen atoms in total. The van der Waals surface area contributed by atoms with Crippen LogP contribution in [0, 0.1) is 13.8 Å². The Bertz CT molecular complexity index is 1330. The molecule has 0 aliphatic heterocycles. The summed E-state index contributed by atoms with van der Waals surface area (Å²) in [5.41, 5.74) is 3.58. The van der Waals surface area contributed by atoms with E-state index in [4.69, 9.17) is 4.98 Å². The SMILES string of the molecule is CCN(CC)Cc1nc2sc(C)c(C)c2c(=O)n1CC(=O)c1ccc(-c2ccccc2)cc1. The van der Waals surface area contributed by atoms with Crippen molar-refractivity contribution in [3.8, 4) is 11.1 Å². The molecule has 0 spiro atoms. The fraction of sp³-hybridized carbons (Fsp3) is 0.296. The van der Waals surface area contributed by atoms with Crippen molar-refractivity contribution in [1.29, 1.82) is 0 Å². The molecule has 33 heavy (non-hydrogen) atoms. The highest BCUT2D eigenvalue weighted by atomic mass is 32.1. The molecule has 0 unspecified atom stereocenters. The number of benzene rings is 2. The van der Waals surface area contributed by atoms with Crippen LogP contribution in [0.2, 0.25) is 0 Å². The first-order valence-corrected chi connectivity index (χ1v) is 12.1. The number of carbonyl (C=O) groups is 1. The van der Waals surface area contributed by atoms with Gasteiger partial charge in [-0.25, -0.2) is 4.98 Å². The number of aryl methyl sites for hydroxylation is 2. The van der Waals surface area contributed by atoms with Crippen molar-refractivity contribution in [3.63, 3.8) is 0 Å². The molecule has 4 aromatic rings. The minimum absolute atomic E-state index is 0.0165. The lowest BCUT2D eigenvalue weighted by Crippen LogP contribution is -2.33. The Hall–Kier alpha value is -3.09. The first-order valence-electron chi connectivity index (χ1n) is 11.3. The molecule has 0 N–H and O–H groups in total. The molecule has 0 aliphatic rings. The zero-order valence-corrected chi connectivity index (χ0v) is 20.4. The van der Waals surface area contributed by atoms with E-state index in [1.165, 1.54) is 0 Å². The summed E-state index contributed by atoms with van der Waals surface area (Å²) in [5.74, 6) is 0.551. The molecule has 0 aliphatic carbocycles. The average molecular weight is 460 g/mol. The van der Waals surface area contributed by atoms with Gasteiger partial charge in [0.2, 0.25) is 0 Å². The van der Waals surface area contributed by atoms with E-state index in [1.807, 2.05) is 68.4 Å². The van der Waals surface area contributed by atoms with E-state index in [9.17, 15) is 9.59 Å². The number of carbonyl (C=O) groups excluding carboxylic acids is 1. The molecule has 0 radical (unpaired) electrons. The van der Waals surface area contributed by atoms with E-state index in [-0.39, 0.29) is 17.9 Å². The molecule has 4 rings (SSSR count). The molecule has 0 bridgehead atoms. The van der Waals surface area contributed by atoms with Crippen LogP contribution in [0.5, 0.6) is 0 Å². The zero-order chi connectivity index (χ0) is 23.5. The quantitative estimate of drug-likeness (QED) is 0.328. The van der Waals surface area contributed by atoms with Gasteiger partial charge < -0.3 is 0 Å². The number of thiophene rings is 1. The van der Waals surface area contributed by atoms with Crippen LogP contribution in [-0.2, 0) is 13.1 Å². The van der Waals surface area contributed by atoms with E-state index in [1.54, 1.807) is 15.9 Å². The predicted molar refractivity (Wildman–Crippen MR) is 136 cm³/mol.